The molecular formula is C10H5Cl2N5O. The lowest BCUT2D eigenvalue weighted by molar-refractivity contribution is 0.314. The first-order valence-corrected chi connectivity index (χ1v) is 5.67. The van der Waals surface area contributed by atoms with E-state index in [2.05, 4.69) is 30.2 Å². The Balaban J connectivity index is 2.04. The van der Waals surface area contributed by atoms with Gasteiger partial charge in [0.05, 0.1) is 10.7 Å². The number of aromatic nitrogens is 4. The fourth-order valence-corrected chi connectivity index (χ4v) is 1.74. The number of benzene rings is 1. The maximum Gasteiger partial charge on any atom is 0.245 e. The minimum Gasteiger partial charge on any atom is -0.336 e. The summed E-state index contributed by atoms with van der Waals surface area (Å²) in [7, 11) is 0. The maximum atomic E-state index is 6.02. The molecule has 1 aromatic carbocycles. The van der Waals surface area contributed by atoms with Crippen LogP contribution in [0.25, 0.3) is 11.3 Å². The van der Waals surface area contributed by atoms with Gasteiger partial charge in [-0.25, -0.2) is 14.6 Å². The molecule has 0 amide bonds. The normalized spacial score (nSPS) is 10.8. The molecule has 1 N–H and O–H groups in total. The van der Waals surface area contributed by atoms with E-state index < -0.39 is 0 Å². The molecule has 0 aliphatic rings. The van der Waals surface area contributed by atoms with Crippen molar-refractivity contribution < 1.29 is 4.63 Å². The van der Waals surface area contributed by atoms with Gasteiger partial charge in [0.2, 0.25) is 11.3 Å². The van der Waals surface area contributed by atoms with Crippen molar-refractivity contribution in [3.05, 3.63) is 34.4 Å². The summed E-state index contributed by atoms with van der Waals surface area (Å²) in [5.74, 6) is 0.341. The molecule has 6 nitrogen and oxygen atoms in total. The van der Waals surface area contributed by atoms with Gasteiger partial charge in [0.1, 0.15) is 0 Å². The summed E-state index contributed by atoms with van der Waals surface area (Å²) in [6.07, 6.45) is 0. The van der Waals surface area contributed by atoms with Gasteiger partial charge in [-0.15, -0.1) is 0 Å². The second kappa shape index (κ2) is 4.40. The Bertz CT molecular complexity index is 714. The van der Waals surface area contributed by atoms with Crippen LogP contribution in [-0.4, -0.2) is 20.3 Å². The van der Waals surface area contributed by atoms with Gasteiger partial charge in [0, 0.05) is 0 Å². The zero-order chi connectivity index (χ0) is 12.5. The van der Waals surface area contributed by atoms with Crippen molar-refractivity contribution in [2.75, 3.05) is 5.32 Å². The summed E-state index contributed by atoms with van der Waals surface area (Å²) >= 11 is 12.0. The van der Waals surface area contributed by atoms with Gasteiger partial charge < -0.3 is 5.32 Å². The molecule has 2 heterocycles. The quantitative estimate of drug-likeness (QED) is 0.778. The monoisotopic (exact) mass is 281 g/mol. The summed E-state index contributed by atoms with van der Waals surface area (Å²) in [4.78, 5) is 8.13. The Labute approximate surface area is 111 Å². The van der Waals surface area contributed by atoms with Crippen molar-refractivity contribution in [1.82, 2.24) is 20.3 Å². The van der Waals surface area contributed by atoms with Gasteiger partial charge in [0.25, 0.3) is 0 Å². The van der Waals surface area contributed by atoms with E-state index in [1.807, 2.05) is 12.1 Å². The number of hydrogen-bond acceptors (Lipinski definition) is 6. The number of nitrogens with zero attached hydrogens (tertiary/aromatic N) is 4. The highest BCUT2D eigenvalue weighted by Crippen LogP contribution is 2.27. The van der Waals surface area contributed by atoms with Gasteiger partial charge >= 0.3 is 0 Å². The third-order valence-corrected chi connectivity index (χ3v) is 2.79. The average molecular weight is 282 g/mol. The van der Waals surface area contributed by atoms with Crippen molar-refractivity contribution in [2.24, 2.45) is 0 Å². The third kappa shape index (κ3) is 1.96. The third-order valence-electron chi connectivity index (χ3n) is 2.20. The molecule has 0 spiro atoms. The van der Waals surface area contributed by atoms with Gasteiger partial charge in [-0.1, -0.05) is 35.3 Å². The zero-order valence-corrected chi connectivity index (χ0v) is 10.3. The van der Waals surface area contributed by atoms with Crippen molar-refractivity contribution >= 4 is 46.0 Å². The number of fused-ring (bicyclic) bond motifs is 1. The maximum absolute atomic E-state index is 6.02. The Morgan fingerprint density at radius 3 is 2.50 bits per heavy atom. The number of para-hydroxylation sites is 1. The SMILES string of the molecule is Clc1ccccc1Nc1nc2nonc2nc1Cl. The molecule has 0 radical (unpaired) electrons. The minimum absolute atomic E-state index is 0.165. The number of anilines is 2. The predicted octanol–water partition coefficient (Wildman–Crippen LogP) is 3.06. The summed E-state index contributed by atoms with van der Waals surface area (Å²) in [5, 5.41) is 10.8. The summed E-state index contributed by atoms with van der Waals surface area (Å²) in [6.45, 7) is 0. The molecular weight excluding hydrogens is 277 g/mol. The summed E-state index contributed by atoms with van der Waals surface area (Å²) in [6, 6.07) is 7.21. The number of nitrogens with one attached hydrogen (secondary N) is 1. The molecule has 3 rings (SSSR count). The molecule has 8 heteroatoms. The molecule has 0 aliphatic carbocycles. The van der Waals surface area contributed by atoms with Crippen molar-refractivity contribution in [3.63, 3.8) is 0 Å². The van der Waals surface area contributed by atoms with E-state index in [0.29, 0.717) is 16.5 Å². The van der Waals surface area contributed by atoms with Crippen LogP contribution in [0.1, 0.15) is 0 Å². The molecule has 2 aromatic heterocycles. The summed E-state index contributed by atoms with van der Waals surface area (Å²) in [5.41, 5.74) is 1.20. The fraction of sp³-hybridized carbons (Fsp3) is 0. The molecule has 0 saturated heterocycles. The lowest BCUT2D eigenvalue weighted by Crippen LogP contribution is -1.97. The number of hydrogen-bond donors (Lipinski definition) is 1. The van der Waals surface area contributed by atoms with Crippen LogP contribution >= 0.6 is 23.2 Å². The Morgan fingerprint density at radius 1 is 1.00 bits per heavy atom. The van der Waals surface area contributed by atoms with Crippen LogP contribution < -0.4 is 5.32 Å². The molecule has 0 saturated carbocycles. The lowest BCUT2D eigenvalue weighted by Gasteiger charge is -2.07. The molecule has 0 bridgehead atoms. The molecule has 0 aliphatic heterocycles. The van der Waals surface area contributed by atoms with E-state index in [9.17, 15) is 0 Å². The van der Waals surface area contributed by atoms with E-state index in [-0.39, 0.29) is 16.4 Å². The number of halogens is 2. The molecule has 90 valence electrons. The highest BCUT2D eigenvalue weighted by atomic mass is 35.5. The first-order chi connectivity index (χ1) is 8.74. The van der Waals surface area contributed by atoms with E-state index in [1.165, 1.54) is 0 Å². The van der Waals surface area contributed by atoms with Crippen molar-refractivity contribution in [1.29, 1.82) is 0 Å². The topological polar surface area (TPSA) is 76.7 Å². The molecule has 0 atom stereocenters. The predicted molar refractivity (Wildman–Crippen MR) is 67.1 cm³/mol. The number of rotatable bonds is 2. The standard InChI is InChI=1S/C10H5Cl2N5O/c11-5-3-1-2-4-6(5)13-8-7(12)14-9-10(15-8)17-18-16-9/h1-4H,(H,13,15,17). The second-order valence-electron chi connectivity index (χ2n) is 3.38. The van der Waals surface area contributed by atoms with E-state index in [1.54, 1.807) is 12.1 Å². The van der Waals surface area contributed by atoms with Crippen LogP contribution in [-0.2, 0) is 0 Å². The minimum atomic E-state index is 0.165. The van der Waals surface area contributed by atoms with Crippen LogP contribution in [0.3, 0.4) is 0 Å². The van der Waals surface area contributed by atoms with Crippen LogP contribution in [0.2, 0.25) is 10.2 Å². The van der Waals surface area contributed by atoms with Crippen molar-refractivity contribution in [3.8, 4) is 0 Å². The summed E-state index contributed by atoms with van der Waals surface area (Å²) < 4.78 is 4.51. The fourth-order valence-electron chi connectivity index (χ4n) is 1.39. The molecule has 0 fully saturated rings. The molecule has 18 heavy (non-hydrogen) atoms. The van der Waals surface area contributed by atoms with Crippen LogP contribution in [0, 0.1) is 0 Å². The highest BCUT2D eigenvalue weighted by Gasteiger charge is 2.11. The van der Waals surface area contributed by atoms with Crippen LogP contribution in [0.15, 0.2) is 28.9 Å². The van der Waals surface area contributed by atoms with E-state index in [0.717, 1.165) is 0 Å². The van der Waals surface area contributed by atoms with E-state index >= 15 is 0 Å². The van der Waals surface area contributed by atoms with Crippen molar-refractivity contribution in [2.45, 2.75) is 0 Å². The zero-order valence-electron chi connectivity index (χ0n) is 8.76. The Hall–Kier alpha value is -1.92. The average Bonchev–Trinajstić information content (AvgIpc) is 2.79. The Morgan fingerprint density at radius 2 is 1.72 bits per heavy atom. The van der Waals surface area contributed by atoms with Gasteiger partial charge in [-0.05, 0) is 22.4 Å². The smallest absolute Gasteiger partial charge is 0.245 e. The largest absolute Gasteiger partial charge is 0.336 e. The van der Waals surface area contributed by atoms with Gasteiger partial charge in [-0.3, -0.25) is 0 Å². The Kier molecular flexibility index (Phi) is 2.73. The first kappa shape index (κ1) is 11.2. The lowest BCUT2D eigenvalue weighted by atomic mass is 10.3. The molecule has 3 aromatic rings. The van der Waals surface area contributed by atoms with E-state index in [4.69, 9.17) is 23.2 Å². The van der Waals surface area contributed by atoms with Crippen LogP contribution in [0.4, 0.5) is 11.5 Å². The second-order valence-corrected chi connectivity index (χ2v) is 4.14. The first-order valence-electron chi connectivity index (χ1n) is 4.91. The van der Waals surface area contributed by atoms with Crippen LogP contribution in [0.5, 0.6) is 0 Å². The molecule has 0 unspecified atom stereocenters. The van der Waals surface area contributed by atoms with Gasteiger partial charge in [-0.2, -0.15) is 0 Å². The highest BCUT2D eigenvalue weighted by molar-refractivity contribution is 6.34. The van der Waals surface area contributed by atoms with Gasteiger partial charge in [0.15, 0.2) is 11.0 Å².